The Balaban J connectivity index is 4.08. The maximum Gasteiger partial charge on any atom is 0.361 e. The van der Waals surface area contributed by atoms with Crippen molar-refractivity contribution in [3.8, 4) is 0 Å². The van der Waals surface area contributed by atoms with E-state index in [1.165, 1.54) is 154 Å². The van der Waals surface area contributed by atoms with Crippen molar-refractivity contribution in [3.05, 3.63) is 146 Å². The van der Waals surface area contributed by atoms with Gasteiger partial charge in [-0.25, -0.2) is 4.79 Å². The first-order valence-corrected chi connectivity index (χ1v) is 38.0. The number of hydrogen-bond donors (Lipinski definition) is 1. The lowest BCUT2D eigenvalue weighted by Crippen LogP contribution is -2.40. The molecule has 0 aromatic carbocycles. The SMILES string of the molecule is CC/C=C\C/C=C\C/C=C\C/C=C\C/C=C\C/C=C\C/C=C\CCCCCCCCCCCC(=O)OC(COC(=O)CCCCCCCCCCCCCCCCCCCCCCC/C=C\C/C=C\C/C=C\C/C=C\C/C=C\CC)COC(OCC[N+](C)(C)C)C(=O)O. The number of carbonyl (C=O) groups is 3. The molecule has 0 aliphatic rings. The van der Waals surface area contributed by atoms with Crippen LogP contribution in [0.15, 0.2) is 146 Å². The van der Waals surface area contributed by atoms with Gasteiger partial charge in [-0.2, -0.15) is 0 Å². The molecule has 9 nitrogen and oxygen atoms in total. The Hall–Kier alpha value is -4.83. The van der Waals surface area contributed by atoms with Crippen molar-refractivity contribution in [1.29, 1.82) is 0 Å². The van der Waals surface area contributed by atoms with Gasteiger partial charge < -0.3 is 28.5 Å². The fourth-order valence-corrected chi connectivity index (χ4v) is 10.4. The first kappa shape index (κ1) is 88.2. The van der Waals surface area contributed by atoms with Crippen molar-refractivity contribution >= 4 is 17.9 Å². The molecule has 0 saturated heterocycles. The summed E-state index contributed by atoms with van der Waals surface area (Å²) >= 11 is 0. The minimum Gasteiger partial charge on any atom is -0.477 e. The van der Waals surface area contributed by atoms with Gasteiger partial charge >= 0.3 is 17.9 Å². The highest BCUT2D eigenvalue weighted by molar-refractivity contribution is 5.71. The first-order valence-electron chi connectivity index (χ1n) is 38.0. The Bertz CT molecular complexity index is 2040. The molecule has 0 aromatic heterocycles. The van der Waals surface area contributed by atoms with E-state index in [2.05, 4.69) is 160 Å². The summed E-state index contributed by atoms with van der Waals surface area (Å²) in [4.78, 5) is 37.7. The Kier molecular flexibility index (Phi) is 69.2. The van der Waals surface area contributed by atoms with Gasteiger partial charge in [0.05, 0.1) is 34.4 Å². The smallest absolute Gasteiger partial charge is 0.361 e. The van der Waals surface area contributed by atoms with E-state index in [1.807, 2.05) is 21.1 Å². The highest BCUT2D eigenvalue weighted by atomic mass is 16.7. The third kappa shape index (κ3) is 74.4. The fraction of sp³-hybridized carbons (Fsp3) is 0.679. The summed E-state index contributed by atoms with van der Waals surface area (Å²) < 4.78 is 23.0. The number of carbonyl (C=O) groups excluding carboxylic acids is 2. The number of quaternary nitrogens is 1. The molecule has 0 rings (SSSR count). The van der Waals surface area contributed by atoms with Crippen LogP contribution in [0, 0.1) is 0 Å². The largest absolute Gasteiger partial charge is 0.477 e. The Morgan fingerprint density at radius 2 is 0.581 bits per heavy atom. The zero-order valence-corrected chi connectivity index (χ0v) is 60.6. The molecule has 0 heterocycles. The maximum absolute atomic E-state index is 13.0. The van der Waals surface area contributed by atoms with Gasteiger partial charge in [-0.3, -0.25) is 9.59 Å². The molecule has 0 bridgehead atoms. The van der Waals surface area contributed by atoms with Crippen LogP contribution >= 0.6 is 0 Å². The van der Waals surface area contributed by atoms with Crippen LogP contribution in [0.2, 0.25) is 0 Å². The maximum atomic E-state index is 13.0. The van der Waals surface area contributed by atoms with Crippen molar-refractivity contribution in [2.45, 2.75) is 322 Å². The molecule has 2 unspecified atom stereocenters. The normalized spacial score (nSPS) is 13.5. The summed E-state index contributed by atoms with van der Waals surface area (Å²) in [5, 5.41) is 9.77. The van der Waals surface area contributed by atoms with Crippen LogP contribution in [0.25, 0.3) is 0 Å². The summed E-state index contributed by atoms with van der Waals surface area (Å²) in [6, 6.07) is 0. The van der Waals surface area contributed by atoms with Gasteiger partial charge in [0, 0.05) is 12.8 Å². The fourth-order valence-electron chi connectivity index (χ4n) is 10.4. The highest BCUT2D eigenvalue weighted by Gasteiger charge is 2.25. The molecule has 0 aliphatic carbocycles. The lowest BCUT2D eigenvalue weighted by Gasteiger charge is -2.25. The van der Waals surface area contributed by atoms with Crippen molar-refractivity contribution in [3.63, 3.8) is 0 Å². The molecule has 0 spiro atoms. The molecule has 1 N–H and O–H groups in total. The number of rotatable bonds is 69. The van der Waals surface area contributed by atoms with Gasteiger partial charge in [0.1, 0.15) is 13.2 Å². The number of hydrogen-bond acceptors (Lipinski definition) is 7. The van der Waals surface area contributed by atoms with Crippen molar-refractivity contribution in [2.75, 3.05) is 47.5 Å². The van der Waals surface area contributed by atoms with E-state index < -0.39 is 24.3 Å². The molecule has 530 valence electrons. The molecule has 0 fully saturated rings. The van der Waals surface area contributed by atoms with Crippen molar-refractivity contribution < 1.29 is 42.9 Å². The molecule has 0 amide bonds. The molecule has 93 heavy (non-hydrogen) atoms. The summed E-state index contributed by atoms with van der Waals surface area (Å²) in [7, 11) is 5.98. The lowest BCUT2D eigenvalue weighted by atomic mass is 10.0. The van der Waals surface area contributed by atoms with Crippen molar-refractivity contribution in [1.82, 2.24) is 0 Å². The average molecular weight is 1290 g/mol. The summed E-state index contributed by atoms with van der Waals surface area (Å²) in [5.41, 5.74) is 0. The first-order chi connectivity index (χ1) is 45.6. The lowest BCUT2D eigenvalue weighted by molar-refractivity contribution is -0.870. The van der Waals surface area contributed by atoms with Gasteiger partial charge in [-0.1, -0.05) is 327 Å². The average Bonchev–Trinajstić information content (AvgIpc) is 3.38. The minimum absolute atomic E-state index is 0.181. The number of esters is 2. The zero-order chi connectivity index (χ0) is 67.5. The zero-order valence-electron chi connectivity index (χ0n) is 60.6. The number of unbranched alkanes of at least 4 members (excludes halogenated alkanes) is 30. The number of ether oxygens (including phenoxy) is 4. The number of likely N-dealkylation sites (N-methyl/N-ethyl adjacent to an activating group) is 1. The van der Waals surface area contributed by atoms with E-state index in [0.717, 1.165) is 122 Å². The van der Waals surface area contributed by atoms with Crippen LogP contribution in [0.1, 0.15) is 309 Å². The van der Waals surface area contributed by atoms with Crippen LogP contribution in [-0.4, -0.2) is 87.4 Å². The summed E-state index contributed by atoms with van der Waals surface area (Å²) in [6.07, 6.45) is 104. The molecule has 0 aromatic rings. The third-order valence-electron chi connectivity index (χ3n) is 16.1. The van der Waals surface area contributed by atoms with Gasteiger partial charge in [0.25, 0.3) is 6.29 Å². The minimum atomic E-state index is -1.52. The van der Waals surface area contributed by atoms with E-state index >= 15 is 0 Å². The van der Waals surface area contributed by atoms with E-state index in [1.54, 1.807) is 0 Å². The van der Waals surface area contributed by atoms with Crippen LogP contribution < -0.4 is 0 Å². The van der Waals surface area contributed by atoms with Crippen LogP contribution in [0.4, 0.5) is 0 Å². The molecule has 0 saturated carbocycles. The standard InChI is InChI=1S/C84H141NO8/c1-6-8-10-12-14-16-18-20-22-24-26-28-30-32-34-36-38-39-40-41-42-43-45-46-48-50-52-54-56-58-60-62-64-66-68-70-72-74-81(86)91-78-80(79-92-84(83(88)89)90-77-76-85(3,4)5)93-82(87)75-73-71-69-67-65-63-61-59-57-55-53-51-49-47-44-37-35-33-31-29-27-25-23-21-19-17-15-13-11-9-7-2/h8-11,14-17,20-23,26-29,32-35,44,47,51,53,80,84H,6-7,12-13,18-19,24-25,30-31,36-43,45-46,48-50,52,54-79H2,1-5H3/p+1/b10-8-,11-9-,16-14-,17-15-,22-20-,23-21-,28-26-,29-27-,34-32-,35-33-,47-44-,53-51-. The van der Waals surface area contributed by atoms with Gasteiger partial charge in [0.2, 0.25) is 0 Å². The Morgan fingerprint density at radius 1 is 0.323 bits per heavy atom. The quantitative estimate of drug-likeness (QED) is 0.0211. The number of aliphatic carboxylic acids is 1. The van der Waals surface area contributed by atoms with E-state index in [-0.39, 0.29) is 32.2 Å². The number of carboxylic acid groups (broad SMARTS) is 1. The second-order valence-electron chi connectivity index (χ2n) is 26.2. The van der Waals surface area contributed by atoms with Crippen LogP contribution in [0.3, 0.4) is 0 Å². The Morgan fingerprint density at radius 3 is 0.860 bits per heavy atom. The Labute approximate surface area is 572 Å². The molecule has 0 radical (unpaired) electrons. The van der Waals surface area contributed by atoms with E-state index in [9.17, 15) is 19.5 Å². The second kappa shape index (κ2) is 73.0. The predicted octanol–water partition coefficient (Wildman–Crippen LogP) is 24.3. The summed E-state index contributed by atoms with van der Waals surface area (Å²) in [6.45, 7) is 4.66. The molecular formula is C84H142NO8+. The van der Waals surface area contributed by atoms with Crippen LogP contribution in [0.5, 0.6) is 0 Å². The molecule has 9 heteroatoms. The van der Waals surface area contributed by atoms with E-state index in [4.69, 9.17) is 18.9 Å². The molecular weight excluding hydrogens is 1150 g/mol. The molecule has 2 atom stereocenters. The summed E-state index contributed by atoms with van der Waals surface area (Å²) in [5.74, 6) is -2.01. The monoisotopic (exact) mass is 1290 g/mol. The number of carboxylic acids is 1. The van der Waals surface area contributed by atoms with Crippen LogP contribution in [-0.2, 0) is 33.3 Å². The highest BCUT2D eigenvalue weighted by Crippen LogP contribution is 2.18. The second-order valence-corrected chi connectivity index (χ2v) is 26.2. The predicted molar refractivity (Wildman–Crippen MR) is 400 cm³/mol. The van der Waals surface area contributed by atoms with Gasteiger partial charge in [-0.05, 0) is 116 Å². The number of nitrogens with zero attached hydrogens (tertiary/aromatic N) is 1. The van der Waals surface area contributed by atoms with Gasteiger partial charge in [-0.15, -0.1) is 0 Å². The topological polar surface area (TPSA) is 108 Å². The third-order valence-corrected chi connectivity index (χ3v) is 16.1. The van der Waals surface area contributed by atoms with E-state index in [0.29, 0.717) is 23.9 Å². The van der Waals surface area contributed by atoms with Gasteiger partial charge in [0.15, 0.2) is 6.10 Å². The molecule has 0 aliphatic heterocycles. The number of allylic oxidation sites excluding steroid dienone is 24. The van der Waals surface area contributed by atoms with Crippen molar-refractivity contribution in [2.24, 2.45) is 0 Å².